The average Bonchev–Trinajstić information content (AvgIpc) is 2.54. The normalized spacial score (nSPS) is 15.8. The van der Waals surface area contributed by atoms with Gasteiger partial charge in [0.15, 0.2) is 0 Å². The highest BCUT2D eigenvalue weighted by molar-refractivity contribution is 5.62. The van der Waals surface area contributed by atoms with Gasteiger partial charge in [-0.2, -0.15) is 5.10 Å². The van der Waals surface area contributed by atoms with Gasteiger partial charge in [-0.3, -0.25) is 4.98 Å². The largest absolute Gasteiger partial charge is 0.345 e. The fourth-order valence-electron chi connectivity index (χ4n) is 1.09. The molecule has 62 valence electrons. The maximum atomic E-state index is 4.18. The van der Waals surface area contributed by atoms with Crippen molar-refractivity contribution in [1.82, 2.24) is 9.88 Å². The summed E-state index contributed by atoms with van der Waals surface area (Å²) in [6.07, 6.45) is 5.36. The zero-order valence-corrected chi connectivity index (χ0v) is 6.88. The number of nitrogens with zero attached hydrogens (tertiary/aromatic N) is 4. The Kier molecular flexibility index (Phi) is 1.66. The lowest BCUT2D eigenvalue weighted by Crippen LogP contribution is -2.22. The van der Waals surface area contributed by atoms with Crippen LogP contribution in [0.15, 0.2) is 29.6 Å². The Morgan fingerprint density at radius 2 is 2.42 bits per heavy atom. The Labute approximate surface area is 71.1 Å². The van der Waals surface area contributed by atoms with Crippen molar-refractivity contribution >= 4 is 12.0 Å². The molecule has 4 nitrogen and oxygen atoms in total. The molecule has 1 aromatic heterocycles. The van der Waals surface area contributed by atoms with Crippen LogP contribution in [0.5, 0.6) is 0 Å². The summed E-state index contributed by atoms with van der Waals surface area (Å²) in [6.45, 7) is 0.797. The van der Waals surface area contributed by atoms with Crippen molar-refractivity contribution in [1.29, 1.82) is 0 Å². The fraction of sp³-hybridized carbons (Fsp3) is 0.250. The Morgan fingerprint density at radius 3 is 3.00 bits per heavy atom. The van der Waals surface area contributed by atoms with Gasteiger partial charge in [0.1, 0.15) is 13.0 Å². The Hall–Kier alpha value is -1.58. The number of rotatable bonds is 1. The Balaban J connectivity index is 2.18. The summed E-state index contributed by atoms with van der Waals surface area (Å²) in [7, 11) is 1.99. The van der Waals surface area contributed by atoms with E-state index in [0.717, 1.165) is 12.4 Å². The monoisotopic (exact) mass is 162 g/mol. The molecule has 0 atom stereocenters. The van der Waals surface area contributed by atoms with Crippen LogP contribution in [0, 0.1) is 0 Å². The summed E-state index contributed by atoms with van der Waals surface area (Å²) in [6, 6.07) is 3.90. The predicted octanol–water partition coefficient (Wildman–Crippen LogP) is 0.734. The predicted molar refractivity (Wildman–Crippen MR) is 47.8 cm³/mol. The number of hydrogen-bond acceptors (Lipinski definition) is 4. The fourth-order valence-corrected chi connectivity index (χ4v) is 1.09. The van der Waals surface area contributed by atoms with Gasteiger partial charge in [0, 0.05) is 13.2 Å². The summed E-state index contributed by atoms with van der Waals surface area (Å²) in [5.41, 5.74) is 1.03. The highest BCUT2D eigenvalue weighted by atomic mass is 15.6. The van der Waals surface area contributed by atoms with E-state index in [4.69, 9.17) is 0 Å². The zero-order valence-electron chi connectivity index (χ0n) is 6.88. The van der Waals surface area contributed by atoms with Crippen LogP contribution in [0.1, 0.15) is 0 Å². The lowest BCUT2D eigenvalue weighted by Gasteiger charge is -2.14. The van der Waals surface area contributed by atoms with Crippen molar-refractivity contribution in [3.63, 3.8) is 0 Å². The minimum atomic E-state index is 0.797. The molecular weight excluding hydrogens is 152 g/mol. The number of anilines is 1. The van der Waals surface area contributed by atoms with Crippen LogP contribution in [-0.4, -0.2) is 29.9 Å². The van der Waals surface area contributed by atoms with Gasteiger partial charge in [-0.25, -0.2) is 5.01 Å². The van der Waals surface area contributed by atoms with Gasteiger partial charge in [-0.05, 0) is 12.1 Å². The van der Waals surface area contributed by atoms with Gasteiger partial charge in [-0.15, -0.1) is 0 Å². The van der Waals surface area contributed by atoms with Crippen LogP contribution in [0.2, 0.25) is 0 Å². The third-order valence-electron chi connectivity index (χ3n) is 1.69. The molecule has 0 aromatic carbocycles. The summed E-state index contributed by atoms with van der Waals surface area (Å²) in [5.74, 6) is 0. The van der Waals surface area contributed by atoms with Crippen LogP contribution >= 0.6 is 0 Å². The number of aromatic nitrogens is 1. The van der Waals surface area contributed by atoms with Gasteiger partial charge >= 0.3 is 0 Å². The molecular formula is C8H10N4. The maximum absolute atomic E-state index is 4.18. The third kappa shape index (κ3) is 1.23. The average molecular weight is 162 g/mol. The molecule has 0 unspecified atom stereocenters. The first kappa shape index (κ1) is 7.09. The van der Waals surface area contributed by atoms with Crippen molar-refractivity contribution in [2.45, 2.75) is 0 Å². The quantitative estimate of drug-likeness (QED) is 0.610. The molecule has 2 rings (SSSR count). The van der Waals surface area contributed by atoms with Crippen molar-refractivity contribution < 1.29 is 0 Å². The molecule has 1 aliphatic heterocycles. The molecule has 0 aliphatic carbocycles. The van der Waals surface area contributed by atoms with Crippen molar-refractivity contribution in [2.24, 2.45) is 5.10 Å². The van der Waals surface area contributed by atoms with Crippen LogP contribution in [0.4, 0.5) is 5.69 Å². The molecule has 0 saturated heterocycles. The molecule has 0 N–H and O–H groups in total. The van der Waals surface area contributed by atoms with Gasteiger partial charge in [-0.1, -0.05) is 0 Å². The summed E-state index contributed by atoms with van der Waals surface area (Å²) in [4.78, 5) is 6.03. The van der Waals surface area contributed by atoms with Crippen molar-refractivity contribution in [2.75, 3.05) is 18.7 Å². The van der Waals surface area contributed by atoms with Crippen LogP contribution < -0.4 is 5.01 Å². The van der Waals surface area contributed by atoms with Gasteiger partial charge in [0.2, 0.25) is 0 Å². The minimum Gasteiger partial charge on any atom is -0.345 e. The van der Waals surface area contributed by atoms with Crippen molar-refractivity contribution in [3.05, 3.63) is 24.5 Å². The topological polar surface area (TPSA) is 31.7 Å². The second kappa shape index (κ2) is 2.81. The third-order valence-corrected chi connectivity index (χ3v) is 1.69. The molecule has 2 heterocycles. The molecule has 1 aromatic rings. The van der Waals surface area contributed by atoms with E-state index in [0.29, 0.717) is 0 Å². The molecule has 0 fully saturated rings. The second-order valence-corrected chi connectivity index (χ2v) is 2.74. The minimum absolute atomic E-state index is 0.797. The van der Waals surface area contributed by atoms with E-state index >= 15 is 0 Å². The summed E-state index contributed by atoms with van der Waals surface area (Å²) < 4.78 is 0. The van der Waals surface area contributed by atoms with Gasteiger partial charge in [0.05, 0.1) is 11.9 Å². The number of pyridine rings is 1. The van der Waals surface area contributed by atoms with E-state index in [1.165, 1.54) is 0 Å². The van der Waals surface area contributed by atoms with E-state index < -0.39 is 0 Å². The molecule has 0 amide bonds. The van der Waals surface area contributed by atoms with E-state index in [9.17, 15) is 0 Å². The lowest BCUT2D eigenvalue weighted by atomic mass is 10.4. The highest BCUT2D eigenvalue weighted by Crippen LogP contribution is 2.14. The van der Waals surface area contributed by atoms with E-state index in [1.807, 2.05) is 29.1 Å². The molecule has 0 spiro atoms. The molecule has 4 heteroatoms. The van der Waals surface area contributed by atoms with Crippen LogP contribution in [0.25, 0.3) is 0 Å². The Morgan fingerprint density at radius 1 is 1.50 bits per heavy atom. The van der Waals surface area contributed by atoms with Gasteiger partial charge in [0.25, 0.3) is 0 Å². The molecule has 1 aliphatic rings. The standard InChI is InChI=1S/C8H10N4/c1-11-6-10-12(7-11)8-3-2-4-9-5-8/h2-6H,7H2,1H3. The van der Waals surface area contributed by atoms with E-state index in [-0.39, 0.29) is 0 Å². The van der Waals surface area contributed by atoms with Gasteiger partial charge < -0.3 is 4.90 Å². The first-order valence-corrected chi connectivity index (χ1v) is 3.78. The summed E-state index contributed by atoms with van der Waals surface area (Å²) >= 11 is 0. The first-order valence-electron chi connectivity index (χ1n) is 3.78. The molecule has 0 radical (unpaired) electrons. The molecule has 12 heavy (non-hydrogen) atoms. The lowest BCUT2D eigenvalue weighted by molar-refractivity contribution is 0.549. The SMILES string of the molecule is CN1C=NN(c2cccnc2)C1. The summed E-state index contributed by atoms with van der Waals surface area (Å²) in [5, 5.41) is 6.08. The molecule has 0 saturated carbocycles. The van der Waals surface area contributed by atoms with Crippen LogP contribution in [-0.2, 0) is 0 Å². The maximum Gasteiger partial charge on any atom is 0.113 e. The van der Waals surface area contributed by atoms with E-state index in [1.54, 1.807) is 18.7 Å². The molecule has 0 bridgehead atoms. The number of hydrogen-bond donors (Lipinski definition) is 0. The highest BCUT2D eigenvalue weighted by Gasteiger charge is 2.10. The van der Waals surface area contributed by atoms with Crippen molar-refractivity contribution in [3.8, 4) is 0 Å². The second-order valence-electron chi connectivity index (χ2n) is 2.74. The smallest absolute Gasteiger partial charge is 0.113 e. The first-order chi connectivity index (χ1) is 5.86. The zero-order chi connectivity index (χ0) is 8.39. The Bertz CT molecular complexity index is 282. The van der Waals surface area contributed by atoms with Crippen LogP contribution in [0.3, 0.4) is 0 Å². The van der Waals surface area contributed by atoms with E-state index in [2.05, 4.69) is 10.1 Å². The number of hydrazone groups is 1.